The number of rotatable bonds is 26. The Hall–Kier alpha value is -10.7. The molecule has 9 aliphatic rings. The molecule has 4 aromatic carbocycles. The lowest BCUT2D eigenvalue weighted by molar-refractivity contribution is -0.131. The molecule has 127 heavy (non-hydrogen) atoms. The lowest BCUT2D eigenvalue weighted by atomic mass is 9.73. The summed E-state index contributed by atoms with van der Waals surface area (Å²) in [5, 5.41) is 52.0. The van der Waals surface area contributed by atoms with E-state index in [1.54, 1.807) is 12.2 Å². The summed E-state index contributed by atoms with van der Waals surface area (Å²) in [7, 11) is 7.62. The van der Waals surface area contributed by atoms with Crippen molar-refractivity contribution in [3.8, 4) is 0 Å². The molecule has 0 radical (unpaired) electrons. The van der Waals surface area contributed by atoms with Crippen molar-refractivity contribution in [2.24, 2.45) is 0 Å². The number of halogens is 1. The Morgan fingerprint density at radius 3 is 1.20 bits per heavy atom. The third-order valence-corrected chi connectivity index (χ3v) is 25.4. The van der Waals surface area contributed by atoms with Gasteiger partial charge in [-0.05, 0) is 279 Å². The van der Waals surface area contributed by atoms with Crippen LogP contribution in [0.3, 0.4) is 0 Å². The van der Waals surface area contributed by atoms with Crippen LogP contribution in [0.25, 0.3) is 16.7 Å². The van der Waals surface area contributed by atoms with Gasteiger partial charge in [0.1, 0.15) is 0 Å². The first-order valence-corrected chi connectivity index (χ1v) is 46.3. The van der Waals surface area contributed by atoms with Crippen molar-refractivity contribution in [2.75, 3.05) is 88.7 Å². The molecule has 3 aliphatic heterocycles. The van der Waals surface area contributed by atoms with Crippen molar-refractivity contribution >= 4 is 98.5 Å². The van der Waals surface area contributed by atoms with Gasteiger partial charge in [-0.15, -0.1) is 0 Å². The molecule has 25 nitrogen and oxygen atoms in total. The van der Waals surface area contributed by atoms with Gasteiger partial charge in [-0.25, -0.2) is 4.79 Å². The number of anilines is 4. The molecule has 0 spiro atoms. The van der Waals surface area contributed by atoms with E-state index in [0.29, 0.717) is 66.6 Å². The van der Waals surface area contributed by atoms with Crippen LogP contribution < -0.4 is 26.6 Å². The van der Waals surface area contributed by atoms with E-state index in [1.807, 2.05) is 156 Å². The number of carbonyl (C=O) groups is 6. The number of hydrogen-bond donors (Lipinski definition) is 10. The maximum atomic E-state index is 12.8. The maximum absolute atomic E-state index is 12.8. The average molecular weight is 1790 g/mol. The summed E-state index contributed by atoms with van der Waals surface area (Å²) < 4.78 is 13.0. The molecule has 4 atom stereocenters. The molecule has 0 bridgehead atoms. The zero-order valence-corrected chi connectivity index (χ0v) is 77.6. The number of benzene rings is 4. The van der Waals surface area contributed by atoms with E-state index in [1.165, 1.54) is 117 Å². The van der Waals surface area contributed by atoms with Crippen molar-refractivity contribution in [2.45, 2.75) is 230 Å². The van der Waals surface area contributed by atoms with Crippen LogP contribution in [0.5, 0.6) is 0 Å². The minimum atomic E-state index is -0.892. The molecule has 4 unspecified atom stereocenters. The fourth-order valence-electron chi connectivity index (χ4n) is 15.4. The van der Waals surface area contributed by atoms with E-state index in [9.17, 15) is 28.8 Å². The number of nitrogens with zero attached hydrogens (tertiary/aromatic N) is 7. The summed E-state index contributed by atoms with van der Waals surface area (Å²) >= 11 is 3.42. The second kappa shape index (κ2) is 45.3. The second-order valence-electron chi connectivity index (χ2n) is 36.4. The molecule has 4 aromatic heterocycles. The van der Waals surface area contributed by atoms with E-state index in [2.05, 4.69) is 178 Å². The Morgan fingerprint density at radius 2 is 0.866 bits per heavy atom. The summed E-state index contributed by atoms with van der Waals surface area (Å²) in [6, 6.07) is 40.5. The number of carboxylic acid groups (broad SMARTS) is 1. The van der Waals surface area contributed by atoms with E-state index < -0.39 is 5.97 Å². The van der Waals surface area contributed by atoms with Gasteiger partial charge < -0.3 is 55.7 Å². The molecule has 6 aliphatic carbocycles. The van der Waals surface area contributed by atoms with Gasteiger partial charge >= 0.3 is 13.1 Å². The number of nitrogens with one attached hydrogen (secondary N) is 9. The Bertz CT molecular complexity index is 5110. The Balaban J connectivity index is 0.000000143. The summed E-state index contributed by atoms with van der Waals surface area (Å²) in [5.74, 6) is 2.91. The van der Waals surface area contributed by atoms with E-state index in [-0.39, 0.29) is 71.5 Å². The second-order valence-corrected chi connectivity index (χ2v) is 37.3. The first-order valence-electron chi connectivity index (χ1n) is 45.5. The molecule has 10 N–H and O–H groups in total. The average Bonchev–Trinajstić information content (AvgIpc) is 1.63. The summed E-state index contributed by atoms with van der Waals surface area (Å²) in [4.78, 5) is 78.3. The zero-order chi connectivity index (χ0) is 90.3. The molecular formula is C100H130BBrN16O9. The molecule has 17 rings (SSSR count). The van der Waals surface area contributed by atoms with Crippen LogP contribution in [0.4, 0.5) is 23.3 Å². The van der Waals surface area contributed by atoms with Crippen LogP contribution in [-0.2, 0) is 38.1 Å². The minimum absolute atomic E-state index is 0.0105. The fraction of sp³-hybridized carbons (Fsp3) is 0.460. The molecule has 5 amide bonds. The number of carboxylic acids is 1. The quantitative estimate of drug-likeness (QED) is 0.0178. The van der Waals surface area contributed by atoms with Crippen LogP contribution in [0.15, 0.2) is 180 Å². The first-order chi connectivity index (χ1) is 61.0. The van der Waals surface area contributed by atoms with E-state index >= 15 is 0 Å². The number of aromatic nitrogens is 8. The number of hydrogen-bond acceptors (Lipinski definition) is 15. The number of amides is 5. The monoisotopic (exact) mass is 1790 g/mol. The lowest BCUT2D eigenvalue weighted by Gasteiger charge is -2.32. The predicted octanol–water partition coefficient (Wildman–Crippen LogP) is 19.3. The first kappa shape index (κ1) is 95.4. The number of likely N-dealkylation sites (N-methyl/N-ethyl adjacent to an activating group) is 2. The number of aromatic amines is 4. The third kappa shape index (κ3) is 28.9. The van der Waals surface area contributed by atoms with Crippen molar-refractivity contribution in [3.63, 3.8) is 0 Å². The fourth-order valence-corrected chi connectivity index (χ4v) is 15.8. The van der Waals surface area contributed by atoms with Crippen molar-refractivity contribution < 1.29 is 43.2 Å². The Morgan fingerprint density at radius 1 is 0.488 bits per heavy atom. The van der Waals surface area contributed by atoms with Gasteiger partial charge in [-0.3, -0.25) is 44.4 Å². The minimum Gasteiger partial charge on any atom is -0.478 e. The number of aliphatic carboxylic acids is 1. The van der Waals surface area contributed by atoms with Gasteiger partial charge in [-0.1, -0.05) is 137 Å². The highest BCUT2D eigenvalue weighted by Gasteiger charge is 2.52. The topological polar surface area (TPSA) is 326 Å². The molecule has 674 valence electrons. The van der Waals surface area contributed by atoms with Gasteiger partial charge in [0, 0.05) is 120 Å². The molecular weight excluding hydrogens is 1660 g/mol. The van der Waals surface area contributed by atoms with Crippen LogP contribution in [0.2, 0.25) is 0 Å². The number of allylic oxidation sites excluding steroid dienone is 4. The molecule has 4 saturated carbocycles. The maximum Gasteiger partial charge on any atom is 0.490 e. The highest BCUT2D eigenvalue weighted by molar-refractivity contribution is 9.10. The van der Waals surface area contributed by atoms with Gasteiger partial charge in [0.15, 0.2) is 23.3 Å². The lowest BCUT2D eigenvalue weighted by Crippen LogP contribution is -2.41. The van der Waals surface area contributed by atoms with Gasteiger partial charge in [-0.2, -0.15) is 20.4 Å². The molecule has 1 saturated heterocycles. The van der Waals surface area contributed by atoms with Crippen LogP contribution in [0.1, 0.15) is 280 Å². The van der Waals surface area contributed by atoms with Crippen LogP contribution in [0, 0.1) is 0 Å². The predicted molar refractivity (Wildman–Crippen MR) is 511 cm³/mol. The zero-order valence-electron chi connectivity index (χ0n) is 76.1. The van der Waals surface area contributed by atoms with Gasteiger partial charge in [0.05, 0.1) is 34.9 Å². The smallest absolute Gasteiger partial charge is 0.478 e. The molecule has 7 heterocycles. The molecule has 27 heteroatoms. The normalized spacial score (nSPS) is 18.5. The molecule has 8 aromatic rings. The van der Waals surface area contributed by atoms with Gasteiger partial charge in [0.25, 0.3) is 0 Å². The Labute approximate surface area is 757 Å². The Kier molecular flexibility index (Phi) is 34.1. The summed E-state index contributed by atoms with van der Waals surface area (Å²) in [6.07, 6.45) is 36.5. The van der Waals surface area contributed by atoms with Crippen molar-refractivity contribution in [1.82, 2.24) is 60.8 Å². The SMILES string of the molecule is CC(C(=O)Nc1cc(C2CC2)[nH]n1)c1cccc(Br)c1.CC(C(=O)Nc1cc(C2CC2)[nH]n1)c1cccc(C2=CCCCC2)c1.CC(C(=O)Nc1cc(C2CC2)[nH]n1)c1cccc(C2=CCN(C(=O)/C=C/CN(C)C)CC2)c1.CC(C(=O)Nc1cc(C2CC2)[nH]n1)c1cccc(C2=CCNCC2)c1.CC1(C)OB(C2=CCCCC2)OC1(C)C.CN(C)C/C=C/C(=O)O. The van der Waals surface area contributed by atoms with E-state index in [4.69, 9.17) is 14.4 Å². The van der Waals surface area contributed by atoms with Crippen LogP contribution in [-0.4, -0.2) is 182 Å². The highest BCUT2D eigenvalue weighted by Crippen LogP contribution is 2.44. The number of H-pyrrole nitrogens is 4. The summed E-state index contributed by atoms with van der Waals surface area (Å²) in [6.45, 7) is 20.8. The number of carbonyl (C=O) groups excluding carboxylic acids is 5. The summed E-state index contributed by atoms with van der Waals surface area (Å²) in [5.41, 5.74) is 17.0. The van der Waals surface area contributed by atoms with Crippen LogP contribution >= 0.6 is 15.9 Å². The highest BCUT2D eigenvalue weighted by atomic mass is 79.9. The van der Waals surface area contributed by atoms with Crippen molar-refractivity contribution in [1.29, 1.82) is 0 Å². The third-order valence-electron chi connectivity index (χ3n) is 24.9. The standard InChI is InChI=1S/C26H33N5O2.C21H25N3O.C20H24N4O.C15H16BrN3O.C12H21BO2.C6H11NO2/c1-18(26(33)27-24-17-23(28-29-24)20-9-10-20)21-6-4-7-22(16-21)19-11-14-31(15-12-19)25(32)8-5-13-30(2)3;1-14(21(25)22-20-13-19(23-24-20)16-10-11-16)17-8-5-9-18(12-17)15-6-3-2-4-7-15;1-13(20(25)22-19-12-18(23-24-19)15-5-6-15)16-3-2-4-17(11-16)14-7-9-21-10-8-14;1-9(11-3-2-4-12(16)7-11)15(20)17-14-8-13(18-19-14)10-5-6-10;1-11(2)12(3,4)15-13(14-11)10-8-6-5-7-9-10;1-7(2)5-3-4-6(8)9/h4-8,11,16-18,20H,9-10,12-15H2,1-3H3,(H2,27,28,29,33);5-6,8-9,12-14,16H,2-4,7,10-11H2,1H3,(H2,22,23,24,25);2-4,7,11-13,15,21H,5-6,8-10H2,1H3,(H2,22,23,24,25);2-4,7-10H,5-6H2,1H3,(H2,17,18,19,20);8H,5-7,9H2,1-4H3;3-4H,5H2,1-2H3,(H,8,9)/b8-5+;;;;;4-3+. The molecule has 5 fully saturated rings. The largest absolute Gasteiger partial charge is 0.490 e. The van der Waals surface area contributed by atoms with E-state index in [0.717, 1.165) is 113 Å². The van der Waals surface area contributed by atoms with Crippen molar-refractivity contribution in [3.05, 3.63) is 242 Å². The van der Waals surface area contributed by atoms with Gasteiger partial charge in [0.2, 0.25) is 29.5 Å².